The fraction of sp³-hybridized carbons (Fsp3) is 0.391. The third-order valence-corrected chi connectivity index (χ3v) is 6.90. The van der Waals surface area contributed by atoms with Gasteiger partial charge in [-0.3, -0.25) is 14.4 Å². The van der Waals surface area contributed by atoms with E-state index in [2.05, 4.69) is 17.0 Å². The van der Waals surface area contributed by atoms with Crippen LogP contribution in [0.15, 0.2) is 47.4 Å². The summed E-state index contributed by atoms with van der Waals surface area (Å²) in [6.45, 7) is 5.25. The predicted octanol–water partition coefficient (Wildman–Crippen LogP) is 2.36. The predicted molar refractivity (Wildman–Crippen MR) is 127 cm³/mol. The van der Waals surface area contributed by atoms with E-state index in [1.54, 1.807) is 6.07 Å². The average Bonchev–Trinajstić information content (AvgIpc) is 2.79. The Hall–Kier alpha value is -3.18. The highest BCUT2D eigenvalue weighted by atomic mass is 32.2. The summed E-state index contributed by atoms with van der Waals surface area (Å²) >= 11 is 0. The first-order chi connectivity index (χ1) is 16.2. The van der Waals surface area contributed by atoms with Gasteiger partial charge in [-0.25, -0.2) is 17.6 Å². The van der Waals surface area contributed by atoms with Crippen molar-refractivity contribution in [3.63, 3.8) is 0 Å². The van der Waals surface area contributed by atoms with Gasteiger partial charge < -0.3 is 15.3 Å². The van der Waals surface area contributed by atoms with Crippen LogP contribution < -0.4 is 14.9 Å². The summed E-state index contributed by atoms with van der Waals surface area (Å²) in [5.41, 5.74) is 0.478. The zero-order valence-electron chi connectivity index (χ0n) is 19.0. The number of carbonyl (C=O) groups is 2. The summed E-state index contributed by atoms with van der Waals surface area (Å²) in [4.78, 5) is 27.6. The summed E-state index contributed by atoms with van der Waals surface area (Å²) in [5.74, 6) is -1.91. The van der Waals surface area contributed by atoms with Crippen LogP contribution in [-0.4, -0.2) is 69.6 Å². The van der Waals surface area contributed by atoms with E-state index >= 15 is 0 Å². The lowest BCUT2D eigenvalue weighted by atomic mass is 10.1. The quantitative estimate of drug-likeness (QED) is 0.436. The standard InChI is InChI=1S/C23H29FN4O5S/c1-2-3-9-25-22(29)16-27-10-12-28(13-11-27)21-8-7-18(15-20(21)23(30)31)26-34(32,33)19-6-4-5-17(24)14-19/h4-8,14-15,26H,2-3,9-13,16H2,1H3,(H,25,29)(H,30,31). The number of nitrogens with one attached hydrogen (secondary N) is 2. The van der Waals surface area contributed by atoms with Crippen LogP contribution in [0, 0.1) is 5.82 Å². The number of anilines is 2. The van der Waals surface area contributed by atoms with Crippen molar-refractivity contribution in [3.05, 3.63) is 53.8 Å². The Balaban J connectivity index is 1.67. The SMILES string of the molecule is CCCCNC(=O)CN1CCN(c2ccc(NS(=O)(=O)c3cccc(F)c3)cc2C(=O)O)CC1. The smallest absolute Gasteiger partial charge is 0.337 e. The van der Waals surface area contributed by atoms with Gasteiger partial charge in [0, 0.05) is 38.4 Å². The van der Waals surface area contributed by atoms with Crippen LogP contribution in [0.25, 0.3) is 0 Å². The molecular formula is C23H29FN4O5S. The van der Waals surface area contributed by atoms with Gasteiger partial charge in [-0.05, 0) is 42.8 Å². The molecule has 3 N–H and O–H groups in total. The van der Waals surface area contributed by atoms with Gasteiger partial charge in [0.05, 0.1) is 22.7 Å². The van der Waals surface area contributed by atoms with Crippen LogP contribution in [-0.2, 0) is 14.8 Å². The van der Waals surface area contributed by atoms with Gasteiger partial charge in [0.2, 0.25) is 5.91 Å². The minimum absolute atomic E-state index is 0.0249. The maximum Gasteiger partial charge on any atom is 0.337 e. The number of hydrogen-bond donors (Lipinski definition) is 3. The summed E-state index contributed by atoms with van der Waals surface area (Å²) < 4.78 is 40.8. The third-order valence-electron chi connectivity index (χ3n) is 5.52. The number of carboxylic acid groups (broad SMARTS) is 1. The molecule has 1 amide bonds. The Morgan fingerprint density at radius 3 is 2.47 bits per heavy atom. The molecule has 3 rings (SSSR count). The van der Waals surface area contributed by atoms with Crippen molar-refractivity contribution in [1.29, 1.82) is 0 Å². The Morgan fingerprint density at radius 2 is 1.82 bits per heavy atom. The molecule has 184 valence electrons. The number of halogens is 1. The lowest BCUT2D eigenvalue weighted by Gasteiger charge is -2.36. The van der Waals surface area contributed by atoms with Crippen LogP contribution in [0.2, 0.25) is 0 Å². The molecule has 0 unspecified atom stereocenters. The first-order valence-electron chi connectivity index (χ1n) is 11.1. The van der Waals surface area contributed by atoms with E-state index in [0.717, 1.165) is 25.0 Å². The number of carboxylic acids is 1. The van der Waals surface area contributed by atoms with Gasteiger partial charge in [0.15, 0.2) is 0 Å². The lowest BCUT2D eigenvalue weighted by Crippen LogP contribution is -2.49. The van der Waals surface area contributed by atoms with E-state index in [9.17, 15) is 27.5 Å². The zero-order valence-corrected chi connectivity index (χ0v) is 19.8. The zero-order chi connectivity index (χ0) is 24.7. The molecule has 0 spiro atoms. The van der Waals surface area contributed by atoms with Crippen molar-refractivity contribution in [2.45, 2.75) is 24.7 Å². The molecule has 1 aliphatic heterocycles. The number of piperazine rings is 1. The number of sulfonamides is 1. The lowest BCUT2D eigenvalue weighted by molar-refractivity contribution is -0.122. The number of benzene rings is 2. The number of nitrogens with zero attached hydrogens (tertiary/aromatic N) is 2. The van der Waals surface area contributed by atoms with Crippen LogP contribution in [0.4, 0.5) is 15.8 Å². The van der Waals surface area contributed by atoms with E-state index in [1.807, 2.05) is 9.80 Å². The fourth-order valence-electron chi connectivity index (χ4n) is 3.71. The molecule has 11 heteroatoms. The van der Waals surface area contributed by atoms with Crippen LogP contribution >= 0.6 is 0 Å². The van der Waals surface area contributed by atoms with Gasteiger partial charge >= 0.3 is 5.97 Å². The van der Waals surface area contributed by atoms with Crippen molar-refractivity contribution in [1.82, 2.24) is 10.2 Å². The van der Waals surface area contributed by atoms with E-state index < -0.39 is 21.8 Å². The summed E-state index contributed by atoms with van der Waals surface area (Å²) in [7, 11) is -4.08. The highest BCUT2D eigenvalue weighted by molar-refractivity contribution is 7.92. The molecule has 1 saturated heterocycles. The first kappa shape index (κ1) is 25.4. The monoisotopic (exact) mass is 492 g/mol. The molecule has 0 aliphatic carbocycles. The van der Waals surface area contributed by atoms with Crippen molar-refractivity contribution < 1.29 is 27.5 Å². The molecule has 0 bridgehead atoms. The molecule has 34 heavy (non-hydrogen) atoms. The van der Waals surface area contributed by atoms with Gasteiger partial charge in [-0.2, -0.15) is 0 Å². The summed E-state index contributed by atoms with van der Waals surface area (Å²) in [6, 6.07) is 8.84. The molecule has 1 fully saturated rings. The second-order valence-corrected chi connectivity index (χ2v) is 9.75. The topological polar surface area (TPSA) is 119 Å². The highest BCUT2D eigenvalue weighted by Crippen LogP contribution is 2.27. The second-order valence-electron chi connectivity index (χ2n) is 8.07. The number of amides is 1. The Bertz CT molecular complexity index is 1130. The van der Waals surface area contributed by atoms with Crippen LogP contribution in [0.1, 0.15) is 30.1 Å². The molecule has 9 nitrogen and oxygen atoms in total. The summed E-state index contributed by atoms with van der Waals surface area (Å²) in [5, 5.41) is 12.6. The maximum absolute atomic E-state index is 13.4. The van der Waals surface area contributed by atoms with Gasteiger partial charge in [-0.1, -0.05) is 19.4 Å². The van der Waals surface area contributed by atoms with Crippen molar-refractivity contribution in [2.24, 2.45) is 0 Å². The maximum atomic E-state index is 13.4. The molecule has 1 heterocycles. The second kappa shape index (κ2) is 11.3. The Kier molecular flexibility index (Phi) is 8.46. The normalized spacial score (nSPS) is 14.6. The van der Waals surface area contributed by atoms with Gasteiger partial charge in [0.25, 0.3) is 10.0 Å². The van der Waals surface area contributed by atoms with Crippen LogP contribution in [0.3, 0.4) is 0 Å². The van der Waals surface area contributed by atoms with Crippen LogP contribution in [0.5, 0.6) is 0 Å². The molecule has 2 aromatic rings. The highest BCUT2D eigenvalue weighted by Gasteiger charge is 2.24. The molecule has 0 saturated carbocycles. The number of carbonyl (C=O) groups excluding carboxylic acids is 1. The molecule has 0 radical (unpaired) electrons. The number of aromatic carboxylic acids is 1. The molecule has 1 aliphatic rings. The van der Waals surface area contributed by atoms with E-state index in [-0.39, 0.29) is 22.1 Å². The summed E-state index contributed by atoms with van der Waals surface area (Å²) in [6.07, 6.45) is 1.95. The van der Waals surface area contributed by atoms with Gasteiger partial charge in [-0.15, -0.1) is 0 Å². The minimum atomic E-state index is -4.08. The first-order valence-corrected chi connectivity index (χ1v) is 12.6. The van der Waals surface area contributed by atoms with Crippen molar-refractivity contribution in [3.8, 4) is 0 Å². The number of hydrogen-bond acceptors (Lipinski definition) is 6. The Labute approximate surface area is 198 Å². The van der Waals surface area contributed by atoms with Crippen molar-refractivity contribution in [2.75, 3.05) is 48.9 Å². The largest absolute Gasteiger partial charge is 0.478 e. The average molecular weight is 493 g/mol. The van der Waals surface area contributed by atoms with E-state index in [1.165, 1.54) is 24.3 Å². The number of rotatable bonds is 10. The molecule has 0 aromatic heterocycles. The van der Waals surface area contributed by atoms with Gasteiger partial charge in [0.1, 0.15) is 5.82 Å². The third kappa shape index (κ3) is 6.67. The Morgan fingerprint density at radius 1 is 1.09 bits per heavy atom. The molecule has 0 atom stereocenters. The van der Waals surface area contributed by atoms with E-state index in [4.69, 9.17) is 0 Å². The number of unbranched alkanes of at least 4 members (excludes halogenated alkanes) is 1. The van der Waals surface area contributed by atoms with Crippen molar-refractivity contribution >= 4 is 33.3 Å². The molecular weight excluding hydrogens is 463 g/mol. The molecule has 2 aromatic carbocycles. The fourth-order valence-corrected chi connectivity index (χ4v) is 4.79. The van der Waals surface area contributed by atoms with E-state index in [0.29, 0.717) is 45.0 Å². The minimum Gasteiger partial charge on any atom is -0.478 e.